The third kappa shape index (κ3) is 2.09. The summed E-state index contributed by atoms with van der Waals surface area (Å²) in [4.78, 5) is 14.6. The Hall–Kier alpha value is -2.83. The van der Waals surface area contributed by atoms with E-state index in [4.69, 9.17) is 15.2 Å². The lowest BCUT2D eigenvalue weighted by Crippen LogP contribution is -2.15. The van der Waals surface area contributed by atoms with E-state index in [0.717, 1.165) is 0 Å². The molecule has 3 rings (SSSR count). The molecular formula is C13H11N3O4. The predicted molar refractivity (Wildman–Crippen MR) is 71.7 cm³/mol. The molecule has 2 heterocycles. The van der Waals surface area contributed by atoms with E-state index < -0.39 is 4.92 Å². The van der Waals surface area contributed by atoms with Gasteiger partial charge in [-0.3, -0.25) is 10.1 Å². The lowest BCUT2D eigenvalue weighted by Gasteiger charge is -2.18. The van der Waals surface area contributed by atoms with Gasteiger partial charge < -0.3 is 15.2 Å². The summed E-state index contributed by atoms with van der Waals surface area (Å²) in [5, 5.41) is 11.1. The number of rotatable bonds is 2. The van der Waals surface area contributed by atoms with Crippen LogP contribution in [-0.4, -0.2) is 23.1 Å². The van der Waals surface area contributed by atoms with Gasteiger partial charge in [-0.05, 0) is 24.3 Å². The number of fused-ring (bicyclic) bond motifs is 1. The number of pyridine rings is 1. The largest absolute Gasteiger partial charge is 0.486 e. The maximum atomic E-state index is 11.1. The van der Waals surface area contributed by atoms with Crippen LogP contribution in [0.5, 0.6) is 11.5 Å². The SMILES string of the molecule is Nc1ccc([N+](=O)[O-])c(-c2ccc3c(c2)OCCO3)n1. The van der Waals surface area contributed by atoms with Crippen LogP contribution in [0.4, 0.5) is 11.5 Å². The fourth-order valence-corrected chi connectivity index (χ4v) is 2.02. The van der Waals surface area contributed by atoms with E-state index in [1.54, 1.807) is 18.2 Å². The Morgan fingerprint density at radius 1 is 1.15 bits per heavy atom. The Bertz CT molecular complexity index is 687. The molecule has 102 valence electrons. The summed E-state index contributed by atoms with van der Waals surface area (Å²) in [6.07, 6.45) is 0. The van der Waals surface area contributed by atoms with Crippen molar-refractivity contribution in [2.45, 2.75) is 0 Å². The molecule has 0 unspecified atom stereocenters. The number of nitro groups is 1. The molecule has 0 amide bonds. The predicted octanol–water partition coefficient (Wildman–Crippen LogP) is 2.01. The quantitative estimate of drug-likeness (QED) is 0.663. The Morgan fingerprint density at radius 3 is 2.65 bits per heavy atom. The average molecular weight is 273 g/mol. The van der Waals surface area contributed by atoms with E-state index in [9.17, 15) is 10.1 Å². The fraction of sp³-hybridized carbons (Fsp3) is 0.154. The van der Waals surface area contributed by atoms with Gasteiger partial charge >= 0.3 is 0 Å². The summed E-state index contributed by atoms with van der Waals surface area (Å²) in [5.74, 6) is 1.39. The highest BCUT2D eigenvalue weighted by Gasteiger charge is 2.20. The van der Waals surface area contributed by atoms with Gasteiger partial charge in [0.1, 0.15) is 19.0 Å². The summed E-state index contributed by atoms with van der Waals surface area (Å²) in [6, 6.07) is 7.82. The zero-order valence-electron chi connectivity index (χ0n) is 10.4. The number of benzene rings is 1. The maximum absolute atomic E-state index is 11.1. The molecule has 0 fully saturated rings. The summed E-state index contributed by atoms with van der Waals surface area (Å²) < 4.78 is 10.9. The average Bonchev–Trinajstić information content (AvgIpc) is 2.46. The molecule has 1 aliphatic heterocycles. The smallest absolute Gasteiger partial charge is 0.295 e. The van der Waals surface area contributed by atoms with Gasteiger partial charge in [0.25, 0.3) is 5.69 Å². The number of nitrogens with two attached hydrogens (primary N) is 1. The topological polar surface area (TPSA) is 101 Å². The zero-order chi connectivity index (χ0) is 14.1. The van der Waals surface area contributed by atoms with Crippen molar-refractivity contribution in [3.63, 3.8) is 0 Å². The van der Waals surface area contributed by atoms with Crippen LogP contribution in [0.3, 0.4) is 0 Å². The Kier molecular flexibility index (Phi) is 2.86. The van der Waals surface area contributed by atoms with Crippen molar-refractivity contribution in [1.29, 1.82) is 0 Å². The number of nitrogen functional groups attached to an aromatic ring is 1. The van der Waals surface area contributed by atoms with Crippen LogP contribution >= 0.6 is 0 Å². The molecule has 7 nitrogen and oxygen atoms in total. The van der Waals surface area contributed by atoms with Crippen LogP contribution in [0, 0.1) is 10.1 Å². The van der Waals surface area contributed by atoms with Crippen LogP contribution < -0.4 is 15.2 Å². The maximum Gasteiger partial charge on any atom is 0.295 e. The third-order valence-corrected chi connectivity index (χ3v) is 2.91. The van der Waals surface area contributed by atoms with Gasteiger partial charge in [0, 0.05) is 11.6 Å². The molecule has 0 saturated heterocycles. The van der Waals surface area contributed by atoms with Gasteiger partial charge in [0.2, 0.25) is 0 Å². The summed E-state index contributed by atoms with van der Waals surface area (Å²) in [6.45, 7) is 0.936. The molecular weight excluding hydrogens is 262 g/mol. The van der Waals surface area contributed by atoms with E-state index >= 15 is 0 Å². The first-order valence-electron chi connectivity index (χ1n) is 5.96. The van der Waals surface area contributed by atoms with E-state index in [2.05, 4.69) is 4.98 Å². The molecule has 7 heteroatoms. The second-order valence-electron chi connectivity index (χ2n) is 4.22. The third-order valence-electron chi connectivity index (χ3n) is 2.91. The van der Waals surface area contributed by atoms with Gasteiger partial charge in [-0.1, -0.05) is 0 Å². The molecule has 2 aromatic rings. The van der Waals surface area contributed by atoms with Crippen molar-refractivity contribution in [1.82, 2.24) is 4.98 Å². The highest BCUT2D eigenvalue weighted by molar-refractivity contribution is 5.73. The van der Waals surface area contributed by atoms with Crippen LogP contribution in [0.25, 0.3) is 11.3 Å². The summed E-state index contributed by atoms with van der Waals surface area (Å²) >= 11 is 0. The molecule has 0 aliphatic carbocycles. The van der Waals surface area contributed by atoms with E-state index in [1.165, 1.54) is 12.1 Å². The number of aromatic nitrogens is 1. The lowest BCUT2D eigenvalue weighted by molar-refractivity contribution is -0.384. The molecule has 2 N–H and O–H groups in total. The fourth-order valence-electron chi connectivity index (χ4n) is 2.02. The molecule has 0 radical (unpaired) electrons. The Balaban J connectivity index is 2.13. The zero-order valence-corrected chi connectivity index (χ0v) is 10.4. The van der Waals surface area contributed by atoms with Crippen molar-refractivity contribution >= 4 is 11.5 Å². The van der Waals surface area contributed by atoms with E-state index in [0.29, 0.717) is 30.3 Å². The highest BCUT2D eigenvalue weighted by Crippen LogP contribution is 2.36. The van der Waals surface area contributed by atoms with Crippen LogP contribution in [0.2, 0.25) is 0 Å². The molecule has 0 saturated carbocycles. The van der Waals surface area contributed by atoms with Gasteiger partial charge in [-0.15, -0.1) is 0 Å². The summed E-state index contributed by atoms with van der Waals surface area (Å²) in [5.41, 5.74) is 6.29. The first-order chi connectivity index (χ1) is 9.65. The molecule has 20 heavy (non-hydrogen) atoms. The lowest BCUT2D eigenvalue weighted by atomic mass is 10.1. The number of hydrogen-bond donors (Lipinski definition) is 1. The van der Waals surface area contributed by atoms with Crippen molar-refractivity contribution in [2.24, 2.45) is 0 Å². The van der Waals surface area contributed by atoms with Gasteiger partial charge in [-0.25, -0.2) is 4.98 Å². The number of nitrogens with zero attached hydrogens (tertiary/aromatic N) is 2. The first kappa shape index (κ1) is 12.2. The molecule has 1 aliphatic rings. The van der Waals surface area contributed by atoms with Crippen molar-refractivity contribution in [2.75, 3.05) is 18.9 Å². The van der Waals surface area contributed by atoms with Crippen LogP contribution in [0.1, 0.15) is 0 Å². The minimum atomic E-state index is -0.488. The Morgan fingerprint density at radius 2 is 1.90 bits per heavy atom. The monoisotopic (exact) mass is 273 g/mol. The molecule has 0 bridgehead atoms. The van der Waals surface area contributed by atoms with Crippen molar-refractivity contribution in [3.05, 3.63) is 40.4 Å². The Labute approximate surface area is 114 Å². The van der Waals surface area contributed by atoms with Crippen LogP contribution in [0.15, 0.2) is 30.3 Å². The van der Waals surface area contributed by atoms with Crippen molar-refractivity contribution in [3.8, 4) is 22.8 Å². The van der Waals surface area contributed by atoms with Gasteiger partial charge in [0.05, 0.1) is 4.92 Å². The van der Waals surface area contributed by atoms with Crippen LogP contribution in [-0.2, 0) is 0 Å². The number of hydrogen-bond acceptors (Lipinski definition) is 6. The highest BCUT2D eigenvalue weighted by atomic mass is 16.6. The molecule has 0 spiro atoms. The number of ether oxygens (including phenoxy) is 2. The second kappa shape index (κ2) is 4.69. The molecule has 0 atom stereocenters. The van der Waals surface area contributed by atoms with Crippen molar-refractivity contribution < 1.29 is 14.4 Å². The normalized spacial score (nSPS) is 13.0. The summed E-state index contributed by atoms with van der Waals surface area (Å²) in [7, 11) is 0. The molecule has 1 aromatic carbocycles. The second-order valence-corrected chi connectivity index (χ2v) is 4.22. The van der Waals surface area contributed by atoms with Gasteiger partial charge in [-0.2, -0.15) is 0 Å². The van der Waals surface area contributed by atoms with E-state index in [1.807, 2.05) is 0 Å². The minimum Gasteiger partial charge on any atom is -0.486 e. The minimum absolute atomic E-state index is 0.101. The molecule has 1 aromatic heterocycles. The van der Waals surface area contributed by atoms with E-state index in [-0.39, 0.29) is 17.2 Å². The first-order valence-corrected chi connectivity index (χ1v) is 5.96. The standard InChI is InChI=1S/C13H11N3O4/c14-12-4-2-9(16(17)18)13(15-12)8-1-3-10-11(7-8)20-6-5-19-10/h1-4,7H,5-6H2,(H2,14,15). The van der Waals surface area contributed by atoms with Gasteiger partial charge in [0.15, 0.2) is 17.2 Å². The number of anilines is 1.